The van der Waals surface area contributed by atoms with E-state index in [0.717, 1.165) is 28.0 Å². The number of rotatable bonds is 4. The van der Waals surface area contributed by atoms with Crippen LogP contribution in [0.15, 0.2) is 22.7 Å². The molecule has 4 atom stereocenters. The van der Waals surface area contributed by atoms with E-state index in [9.17, 15) is 0 Å². The highest BCUT2D eigenvalue weighted by Gasteiger charge is 2.40. The van der Waals surface area contributed by atoms with E-state index in [1.165, 1.54) is 37.7 Å². The summed E-state index contributed by atoms with van der Waals surface area (Å²) in [6.07, 6.45) is 7.18. The first-order valence-electron chi connectivity index (χ1n) is 7.15. The van der Waals surface area contributed by atoms with Gasteiger partial charge in [-0.25, -0.2) is 0 Å². The number of hydrogen-bond acceptors (Lipinski definition) is 1. The van der Waals surface area contributed by atoms with Crippen molar-refractivity contribution in [3.63, 3.8) is 0 Å². The van der Waals surface area contributed by atoms with Crippen molar-refractivity contribution in [2.45, 2.75) is 36.9 Å². The van der Waals surface area contributed by atoms with E-state index < -0.39 is 0 Å². The lowest BCUT2D eigenvalue weighted by Crippen LogP contribution is -2.12. The Bertz CT molecular complexity index is 460. The Kier molecular flexibility index (Phi) is 4.23. The van der Waals surface area contributed by atoms with E-state index in [-0.39, 0.29) is 0 Å². The number of methoxy groups -OCH3 is 1. The Morgan fingerprint density at radius 2 is 2.16 bits per heavy atom. The molecule has 0 aliphatic heterocycles. The van der Waals surface area contributed by atoms with Gasteiger partial charge in [-0.2, -0.15) is 0 Å². The van der Waals surface area contributed by atoms with Gasteiger partial charge in [0.2, 0.25) is 0 Å². The first-order valence-corrected chi connectivity index (χ1v) is 8.85. The molecule has 19 heavy (non-hydrogen) atoms. The predicted molar refractivity (Wildman–Crippen MR) is 85.9 cm³/mol. The van der Waals surface area contributed by atoms with Gasteiger partial charge >= 0.3 is 0 Å². The molecule has 0 heterocycles. The highest BCUT2D eigenvalue weighted by molar-refractivity contribution is 9.11. The zero-order chi connectivity index (χ0) is 13.4. The van der Waals surface area contributed by atoms with Gasteiger partial charge in [0.25, 0.3) is 0 Å². The van der Waals surface area contributed by atoms with Crippen LogP contribution >= 0.6 is 31.9 Å². The number of hydrogen-bond donors (Lipinski definition) is 0. The van der Waals surface area contributed by atoms with Crippen LogP contribution in [0.4, 0.5) is 0 Å². The molecule has 2 fully saturated rings. The van der Waals surface area contributed by atoms with Crippen LogP contribution in [0.2, 0.25) is 0 Å². The zero-order valence-corrected chi connectivity index (χ0v) is 14.4. The van der Waals surface area contributed by atoms with Crippen LogP contribution in [0.3, 0.4) is 0 Å². The lowest BCUT2D eigenvalue weighted by Gasteiger charge is -2.24. The van der Waals surface area contributed by atoms with Gasteiger partial charge in [-0.05, 0) is 61.1 Å². The second kappa shape index (κ2) is 5.77. The van der Waals surface area contributed by atoms with E-state index in [4.69, 9.17) is 4.74 Å². The summed E-state index contributed by atoms with van der Waals surface area (Å²) in [5.74, 6) is 3.88. The summed E-state index contributed by atoms with van der Waals surface area (Å²) in [7, 11) is 1.71. The predicted octanol–water partition coefficient (Wildman–Crippen LogP) is 5.72. The maximum atomic E-state index is 5.26. The molecule has 3 heteroatoms. The van der Waals surface area contributed by atoms with Gasteiger partial charge in [0, 0.05) is 9.30 Å². The maximum Gasteiger partial charge on any atom is 0.120 e. The largest absolute Gasteiger partial charge is 0.497 e. The normalized spacial score (nSPS) is 30.6. The van der Waals surface area contributed by atoms with Crippen molar-refractivity contribution in [3.05, 3.63) is 28.2 Å². The summed E-state index contributed by atoms with van der Waals surface area (Å²) >= 11 is 7.56. The number of fused-ring (bicyclic) bond motifs is 2. The fraction of sp³-hybridized carbons (Fsp3) is 0.625. The van der Waals surface area contributed by atoms with Crippen LogP contribution in [0.1, 0.15) is 42.5 Å². The molecule has 0 saturated heterocycles. The van der Waals surface area contributed by atoms with Crippen LogP contribution in [0.5, 0.6) is 5.75 Å². The van der Waals surface area contributed by atoms with Crippen molar-refractivity contribution in [1.82, 2.24) is 0 Å². The van der Waals surface area contributed by atoms with E-state index in [1.807, 2.05) is 0 Å². The Morgan fingerprint density at radius 1 is 1.32 bits per heavy atom. The number of ether oxygens (including phenoxy) is 1. The number of halogens is 2. The van der Waals surface area contributed by atoms with E-state index in [2.05, 4.69) is 50.1 Å². The van der Waals surface area contributed by atoms with E-state index in [1.54, 1.807) is 7.11 Å². The Labute approximate surface area is 132 Å². The minimum Gasteiger partial charge on any atom is -0.497 e. The monoisotopic (exact) mass is 386 g/mol. The summed E-state index contributed by atoms with van der Waals surface area (Å²) < 4.78 is 6.41. The van der Waals surface area contributed by atoms with Crippen LogP contribution in [-0.4, -0.2) is 7.11 Å². The van der Waals surface area contributed by atoms with Crippen molar-refractivity contribution in [3.8, 4) is 5.75 Å². The van der Waals surface area contributed by atoms with Gasteiger partial charge in [0.15, 0.2) is 0 Å². The third-order valence-corrected chi connectivity index (χ3v) is 6.49. The standard InChI is InChI=1S/C16H20Br2O/c1-19-13-4-5-14(16(18)9-13)15(17)8-12-7-10-2-3-11(12)6-10/h4-5,9-12,15H,2-3,6-8H2,1H3. The molecule has 2 saturated carbocycles. The van der Waals surface area contributed by atoms with Crippen LogP contribution in [-0.2, 0) is 0 Å². The summed E-state index contributed by atoms with van der Waals surface area (Å²) in [6, 6.07) is 6.29. The average Bonchev–Trinajstić information content (AvgIpc) is 3.00. The molecule has 1 aromatic rings. The fourth-order valence-corrected chi connectivity index (χ4v) is 5.77. The second-order valence-corrected chi connectivity index (χ2v) is 7.99. The molecule has 0 N–H and O–H groups in total. The van der Waals surface area contributed by atoms with Gasteiger partial charge in [0.05, 0.1) is 7.11 Å². The Morgan fingerprint density at radius 3 is 2.74 bits per heavy atom. The Hall–Kier alpha value is -0.0200. The molecule has 0 aromatic heterocycles. The molecular weight excluding hydrogens is 368 g/mol. The molecule has 2 aliphatic carbocycles. The van der Waals surface area contributed by atoms with Gasteiger partial charge in [-0.1, -0.05) is 44.3 Å². The van der Waals surface area contributed by atoms with Crippen molar-refractivity contribution < 1.29 is 4.74 Å². The zero-order valence-electron chi connectivity index (χ0n) is 11.2. The van der Waals surface area contributed by atoms with Crippen molar-refractivity contribution in [2.75, 3.05) is 7.11 Å². The van der Waals surface area contributed by atoms with Crippen LogP contribution in [0.25, 0.3) is 0 Å². The lowest BCUT2D eigenvalue weighted by atomic mass is 9.84. The smallest absolute Gasteiger partial charge is 0.120 e. The fourth-order valence-electron chi connectivity index (χ4n) is 3.95. The van der Waals surface area contributed by atoms with Crippen molar-refractivity contribution >= 4 is 31.9 Å². The van der Waals surface area contributed by atoms with Gasteiger partial charge < -0.3 is 4.74 Å². The van der Waals surface area contributed by atoms with Gasteiger partial charge in [-0.15, -0.1) is 0 Å². The van der Waals surface area contributed by atoms with E-state index >= 15 is 0 Å². The minimum atomic E-state index is 0.456. The molecule has 0 spiro atoms. The summed E-state index contributed by atoms with van der Waals surface area (Å²) in [6.45, 7) is 0. The molecule has 0 radical (unpaired) electrons. The highest BCUT2D eigenvalue weighted by Crippen LogP contribution is 2.52. The van der Waals surface area contributed by atoms with Crippen LogP contribution < -0.4 is 4.74 Å². The summed E-state index contributed by atoms with van der Waals surface area (Å²) in [5, 5.41) is 0. The highest BCUT2D eigenvalue weighted by atomic mass is 79.9. The minimum absolute atomic E-state index is 0.456. The van der Waals surface area contributed by atoms with Gasteiger partial charge in [-0.3, -0.25) is 0 Å². The topological polar surface area (TPSA) is 9.23 Å². The quantitative estimate of drug-likeness (QED) is 0.600. The molecule has 3 rings (SSSR count). The maximum absolute atomic E-state index is 5.26. The molecule has 2 aliphatic rings. The third-order valence-electron chi connectivity index (χ3n) is 4.94. The average molecular weight is 388 g/mol. The molecular formula is C16H20Br2O. The molecule has 0 amide bonds. The van der Waals surface area contributed by atoms with Crippen molar-refractivity contribution in [2.24, 2.45) is 17.8 Å². The number of alkyl halides is 1. The molecule has 104 valence electrons. The van der Waals surface area contributed by atoms with E-state index in [0.29, 0.717) is 4.83 Å². The lowest BCUT2D eigenvalue weighted by molar-refractivity contribution is 0.314. The third kappa shape index (κ3) is 2.87. The first kappa shape index (κ1) is 13.9. The summed E-state index contributed by atoms with van der Waals surface area (Å²) in [5.41, 5.74) is 1.35. The molecule has 4 unspecified atom stereocenters. The molecule has 1 nitrogen and oxygen atoms in total. The van der Waals surface area contributed by atoms with Gasteiger partial charge in [0.1, 0.15) is 5.75 Å². The molecule has 2 bridgehead atoms. The Balaban J connectivity index is 1.68. The SMILES string of the molecule is COc1ccc(C(Br)CC2CC3CCC2C3)c(Br)c1. The molecule has 1 aromatic carbocycles. The second-order valence-electron chi connectivity index (χ2n) is 6.03. The van der Waals surface area contributed by atoms with Crippen LogP contribution in [0, 0.1) is 17.8 Å². The summed E-state index contributed by atoms with van der Waals surface area (Å²) in [4.78, 5) is 0.456. The van der Waals surface area contributed by atoms with Crippen molar-refractivity contribution in [1.29, 1.82) is 0 Å². The number of benzene rings is 1. The first-order chi connectivity index (χ1) is 9.17.